The number of hydrogen-bond acceptors (Lipinski definition) is 4. The minimum Gasteiger partial charge on any atom is -0.478 e. The maximum atomic E-state index is 10.9. The van der Waals surface area contributed by atoms with Gasteiger partial charge < -0.3 is 10.2 Å². The lowest BCUT2D eigenvalue weighted by atomic mass is 10.3. The highest BCUT2D eigenvalue weighted by Gasteiger charge is 2.33. The van der Waals surface area contributed by atoms with Crippen LogP contribution in [0.25, 0.3) is 5.69 Å². The molecule has 0 spiro atoms. The first-order valence-corrected chi connectivity index (χ1v) is 7.94. The highest BCUT2D eigenvalue weighted by Crippen LogP contribution is 2.39. The Morgan fingerprint density at radius 1 is 1.20 bits per heavy atom. The van der Waals surface area contributed by atoms with Gasteiger partial charge in [-0.25, -0.2) is 19.3 Å². The smallest absolute Gasteiger partial charge is 0.375 e. The highest BCUT2D eigenvalue weighted by molar-refractivity contribution is 6.66. The molecule has 0 aliphatic heterocycles. The number of carbonyl (C=O) groups is 2. The largest absolute Gasteiger partial charge is 0.478 e. The number of rotatable bonds is 3. The molecular formula is C13H8Cl5N3O4. The van der Waals surface area contributed by atoms with Gasteiger partial charge in [0.15, 0.2) is 5.82 Å². The maximum absolute atomic E-state index is 10.9. The summed E-state index contributed by atoms with van der Waals surface area (Å²) >= 11 is 29.1. The molecule has 2 rings (SSSR count). The standard InChI is InChI=1S/C10H4Cl5N3O2.C3H4O2/c11-4-1-2-6(5(12)3-4)18-9(10(13,14)15)16-7(17-18)8(19)20;1-2-3(4)5/h1-3H,(H,19,20);2H,1H2,(H,4,5). The first-order chi connectivity index (χ1) is 11.5. The van der Waals surface area contributed by atoms with Crippen LogP contribution < -0.4 is 0 Å². The van der Waals surface area contributed by atoms with E-state index in [1.165, 1.54) is 18.2 Å². The molecule has 1 aromatic heterocycles. The molecule has 0 amide bonds. The number of benzene rings is 1. The number of halogens is 5. The highest BCUT2D eigenvalue weighted by atomic mass is 35.6. The average molecular weight is 447 g/mol. The van der Waals surface area contributed by atoms with Crippen molar-refractivity contribution in [1.82, 2.24) is 14.8 Å². The van der Waals surface area contributed by atoms with Crippen LogP contribution in [0.15, 0.2) is 30.9 Å². The topological polar surface area (TPSA) is 105 Å². The number of alkyl halides is 3. The van der Waals surface area contributed by atoms with Crippen LogP contribution in [-0.4, -0.2) is 36.9 Å². The van der Waals surface area contributed by atoms with Gasteiger partial charge in [-0.05, 0) is 18.2 Å². The van der Waals surface area contributed by atoms with Crippen LogP contribution in [0.1, 0.15) is 16.4 Å². The molecular weight excluding hydrogens is 439 g/mol. The number of carboxylic acids is 2. The lowest BCUT2D eigenvalue weighted by Gasteiger charge is -2.12. The van der Waals surface area contributed by atoms with E-state index in [2.05, 4.69) is 16.7 Å². The number of nitrogens with zero attached hydrogens (tertiary/aromatic N) is 3. The van der Waals surface area contributed by atoms with Crippen molar-refractivity contribution < 1.29 is 19.8 Å². The van der Waals surface area contributed by atoms with Crippen LogP contribution in [0.5, 0.6) is 0 Å². The van der Waals surface area contributed by atoms with Gasteiger partial charge in [0.1, 0.15) is 0 Å². The number of carboxylic acid groups (broad SMARTS) is 2. The molecule has 0 saturated carbocycles. The van der Waals surface area contributed by atoms with Crippen molar-refractivity contribution in [3.63, 3.8) is 0 Å². The van der Waals surface area contributed by atoms with Crippen molar-refractivity contribution in [2.45, 2.75) is 3.79 Å². The Balaban J connectivity index is 0.000000550. The van der Waals surface area contributed by atoms with Crippen molar-refractivity contribution in [3.8, 4) is 5.69 Å². The fourth-order valence-electron chi connectivity index (χ4n) is 1.41. The van der Waals surface area contributed by atoms with Gasteiger partial charge in [0.05, 0.1) is 10.7 Å². The van der Waals surface area contributed by atoms with Gasteiger partial charge in [-0.1, -0.05) is 64.6 Å². The lowest BCUT2D eigenvalue weighted by Crippen LogP contribution is -2.12. The Bertz CT molecular complexity index is 816. The number of aliphatic carboxylic acids is 1. The van der Waals surface area contributed by atoms with Crippen molar-refractivity contribution in [2.24, 2.45) is 0 Å². The number of aromatic carboxylic acids is 1. The minimum absolute atomic E-state index is 0.191. The normalized spacial score (nSPS) is 10.6. The molecule has 0 aliphatic carbocycles. The van der Waals surface area contributed by atoms with Crippen molar-refractivity contribution in [3.05, 3.63) is 52.5 Å². The Morgan fingerprint density at radius 3 is 2.16 bits per heavy atom. The molecule has 0 fully saturated rings. The van der Waals surface area contributed by atoms with Gasteiger partial charge in [0.2, 0.25) is 3.79 Å². The van der Waals surface area contributed by atoms with E-state index in [9.17, 15) is 9.59 Å². The molecule has 25 heavy (non-hydrogen) atoms. The second kappa shape index (κ2) is 8.73. The van der Waals surface area contributed by atoms with Crippen molar-refractivity contribution in [1.29, 1.82) is 0 Å². The van der Waals surface area contributed by atoms with E-state index in [1.54, 1.807) is 0 Å². The van der Waals surface area contributed by atoms with Crippen LogP contribution in [0.2, 0.25) is 10.0 Å². The van der Waals surface area contributed by atoms with Gasteiger partial charge in [0.25, 0.3) is 5.82 Å². The molecule has 0 aliphatic rings. The molecule has 2 aromatic rings. The fourth-order valence-corrected chi connectivity index (χ4v) is 2.26. The van der Waals surface area contributed by atoms with Crippen LogP contribution in [-0.2, 0) is 8.59 Å². The van der Waals surface area contributed by atoms with E-state index in [1.807, 2.05) is 0 Å². The van der Waals surface area contributed by atoms with E-state index < -0.39 is 21.6 Å². The zero-order chi connectivity index (χ0) is 19.4. The molecule has 0 bridgehead atoms. The molecule has 0 unspecified atom stereocenters. The quantitative estimate of drug-likeness (QED) is 0.535. The first-order valence-electron chi connectivity index (χ1n) is 6.05. The average Bonchev–Trinajstić information content (AvgIpc) is 2.93. The second-order valence-electron chi connectivity index (χ2n) is 4.11. The summed E-state index contributed by atoms with van der Waals surface area (Å²) in [5, 5.41) is 20.9. The molecule has 1 heterocycles. The van der Waals surface area contributed by atoms with Gasteiger partial charge >= 0.3 is 11.9 Å². The molecule has 0 saturated heterocycles. The molecule has 2 N–H and O–H groups in total. The molecule has 12 heteroatoms. The molecule has 0 atom stereocenters. The third-order valence-corrected chi connectivity index (χ3v) is 3.41. The number of hydrogen-bond donors (Lipinski definition) is 2. The molecule has 1 aromatic carbocycles. The molecule has 7 nitrogen and oxygen atoms in total. The fraction of sp³-hybridized carbons (Fsp3) is 0.0769. The van der Waals surface area contributed by atoms with Crippen LogP contribution in [0, 0.1) is 0 Å². The SMILES string of the molecule is C=CC(=O)O.O=C(O)c1nc(C(Cl)(Cl)Cl)n(-c2ccc(Cl)cc2Cl)n1. The minimum atomic E-state index is -1.97. The summed E-state index contributed by atoms with van der Waals surface area (Å²) in [7, 11) is 0. The third kappa shape index (κ3) is 6.05. The van der Waals surface area contributed by atoms with E-state index in [0.717, 1.165) is 10.8 Å². The van der Waals surface area contributed by atoms with E-state index in [-0.39, 0.29) is 16.5 Å². The summed E-state index contributed by atoms with van der Waals surface area (Å²) in [5.41, 5.74) is 0.289. The number of aromatic nitrogens is 3. The predicted molar refractivity (Wildman–Crippen MR) is 95.4 cm³/mol. The van der Waals surface area contributed by atoms with E-state index >= 15 is 0 Å². The Labute approximate surface area is 166 Å². The second-order valence-corrected chi connectivity index (χ2v) is 7.24. The van der Waals surface area contributed by atoms with Crippen LogP contribution >= 0.6 is 58.0 Å². The predicted octanol–water partition coefficient (Wildman–Crippen LogP) is 4.36. The monoisotopic (exact) mass is 445 g/mol. The van der Waals surface area contributed by atoms with E-state index in [0.29, 0.717) is 5.02 Å². The summed E-state index contributed by atoms with van der Waals surface area (Å²) in [4.78, 5) is 23.9. The van der Waals surface area contributed by atoms with Gasteiger partial charge in [-0.15, -0.1) is 5.10 Å². The van der Waals surface area contributed by atoms with Gasteiger partial charge in [-0.2, -0.15) is 0 Å². The van der Waals surface area contributed by atoms with Crippen molar-refractivity contribution >= 4 is 69.9 Å². The first kappa shape index (κ1) is 21.5. The molecule has 134 valence electrons. The lowest BCUT2D eigenvalue weighted by molar-refractivity contribution is -0.131. The Morgan fingerprint density at radius 2 is 1.76 bits per heavy atom. The van der Waals surface area contributed by atoms with Crippen LogP contribution in [0.3, 0.4) is 0 Å². The summed E-state index contributed by atoms with van der Waals surface area (Å²) in [6, 6.07) is 4.49. The van der Waals surface area contributed by atoms with Crippen molar-refractivity contribution in [2.75, 3.05) is 0 Å². The Hall–Kier alpha value is -1.51. The zero-order valence-corrected chi connectivity index (χ0v) is 15.7. The van der Waals surface area contributed by atoms with Gasteiger partial charge in [-0.3, -0.25) is 0 Å². The van der Waals surface area contributed by atoms with E-state index in [4.69, 9.17) is 68.2 Å². The molecule has 0 radical (unpaired) electrons. The third-order valence-electron chi connectivity index (χ3n) is 2.36. The Kier molecular flexibility index (Phi) is 7.52. The summed E-state index contributed by atoms with van der Waals surface area (Å²) in [6.07, 6.45) is 0.833. The summed E-state index contributed by atoms with van der Waals surface area (Å²) in [5.74, 6) is -3.05. The summed E-state index contributed by atoms with van der Waals surface area (Å²) in [6.45, 7) is 2.96. The van der Waals surface area contributed by atoms with Crippen LogP contribution in [0.4, 0.5) is 0 Å². The summed E-state index contributed by atoms with van der Waals surface area (Å²) < 4.78 is -0.918. The maximum Gasteiger partial charge on any atom is 0.375 e. The van der Waals surface area contributed by atoms with Gasteiger partial charge in [0, 0.05) is 11.1 Å². The zero-order valence-electron chi connectivity index (χ0n) is 12.0.